The van der Waals surface area contributed by atoms with Gasteiger partial charge in [-0.1, -0.05) is 13.3 Å². The molecule has 96 valence electrons. The van der Waals surface area contributed by atoms with Gasteiger partial charge in [0.05, 0.1) is 13.0 Å². The van der Waals surface area contributed by atoms with Crippen LogP contribution in [0.15, 0.2) is 0 Å². The summed E-state index contributed by atoms with van der Waals surface area (Å²) in [7, 11) is 0. The first-order valence-electron chi connectivity index (χ1n) is 6.13. The molecular formula is C12H25NO3. The third kappa shape index (κ3) is 7.65. The Morgan fingerprint density at radius 1 is 1.44 bits per heavy atom. The minimum absolute atomic E-state index is 0.131. The van der Waals surface area contributed by atoms with Crippen molar-refractivity contribution in [2.75, 3.05) is 19.8 Å². The maximum Gasteiger partial charge on any atom is 0.307 e. The molecular weight excluding hydrogens is 206 g/mol. The first-order valence-corrected chi connectivity index (χ1v) is 6.13. The summed E-state index contributed by atoms with van der Waals surface area (Å²) >= 11 is 0. The van der Waals surface area contributed by atoms with Crippen LogP contribution in [0.4, 0.5) is 0 Å². The van der Waals surface area contributed by atoms with Gasteiger partial charge in [0.2, 0.25) is 0 Å². The Kier molecular flexibility index (Phi) is 9.24. The van der Waals surface area contributed by atoms with E-state index in [0.717, 1.165) is 19.4 Å². The van der Waals surface area contributed by atoms with Gasteiger partial charge in [-0.3, -0.25) is 4.79 Å². The minimum atomic E-state index is -0.155. The fourth-order valence-electron chi connectivity index (χ4n) is 1.54. The van der Waals surface area contributed by atoms with Gasteiger partial charge in [-0.05, 0) is 32.7 Å². The van der Waals surface area contributed by atoms with Crippen molar-refractivity contribution in [1.29, 1.82) is 0 Å². The van der Waals surface area contributed by atoms with Crippen LogP contribution in [0.3, 0.4) is 0 Å². The quantitative estimate of drug-likeness (QED) is 0.588. The molecule has 0 aromatic carbocycles. The van der Waals surface area contributed by atoms with Crippen molar-refractivity contribution in [3.63, 3.8) is 0 Å². The Bertz CT molecular complexity index is 185. The summed E-state index contributed by atoms with van der Waals surface area (Å²) in [6.45, 7) is 7.41. The van der Waals surface area contributed by atoms with Crippen LogP contribution in [0.5, 0.6) is 0 Å². The number of carbonyl (C=O) groups excluding carboxylic acids is 1. The fourth-order valence-corrected chi connectivity index (χ4v) is 1.54. The molecule has 0 aliphatic rings. The van der Waals surface area contributed by atoms with Gasteiger partial charge in [0.25, 0.3) is 0 Å². The third-order valence-corrected chi connectivity index (χ3v) is 2.65. The van der Waals surface area contributed by atoms with Crippen LogP contribution in [0.2, 0.25) is 0 Å². The van der Waals surface area contributed by atoms with Crippen molar-refractivity contribution < 1.29 is 14.6 Å². The highest BCUT2D eigenvalue weighted by molar-refractivity contribution is 5.69. The highest BCUT2D eigenvalue weighted by atomic mass is 16.5. The highest BCUT2D eigenvalue weighted by Crippen LogP contribution is 2.06. The molecule has 4 nitrogen and oxygen atoms in total. The Balaban J connectivity index is 3.69. The summed E-state index contributed by atoms with van der Waals surface area (Å²) in [4.78, 5) is 11.2. The molecule has 0 amide bonds. The molecule has 0 aliphatic carbocycles. The minimum Gasteiger partial charge on any atom is -0.466 e. The lowest BCUT2D eigenvalue weighted by atomic mass is 10.0. The maximum atomic E-state index is 11.2. The average molecular weight is 231 g/mol. The van der Waals surface area contributed by atoms with Crippen LogP contribution in [-0.2, 0) is 9.53 Å². The largest absolute Gasteiger partial charge is 0.466 e. The lowest BCUT2D eigenvalue weighted by molar-refractivity contribution is -0.143. The Labute approximate surface area is 98.4 Å². The van der Waals surface area contributed by atoms with E-state index in [1.807, 2.05) is 13.8 Å². The molecule has 16 heavy (non-hydrogen) atoms. The van der Waals surface area contributed by atoms with E-state index >= 15 is 0 Å². The van der Waals surface area contributed by atoms with Crippen molar-refractivity contribution in [3.8, 4) is 0 Å². The van der Waals surface area contributed by atoms with Crippen LogP contribution >= 0.6 is 0 Å². The smallest absolute Gasteiger partial charge is 0.307 e. The molecule has 0 spiro atoms. The molecule has 2 N–H and O–H groups in total. The van der Waals surface area contributed by atoms with E-state index < -0.39 is 0 Å². The second-order valence-corrected chi connectivity index (χ2v) is 4.10. The molecule has 0 radical (unpaired) electrons. The van der Waals surface area contributed by atoms with Crippen molar-refractivity contribution in [2.45, 2.75) is 46.1 Å². The van der Waals surface area contributed by atoms with Crippen LogP contribution in [-0.4, -0.2) is 36.9 Å². The van der Waals surface area contributed by atoms with Gasteiger partial charge in [-0.25, -0.2) is 0 Å². The Morgan fingerprint density at radius 2 is 2.12 bits per heavy atom. The molecule has 0 aromatic heterocycles. The number of esters is 1. The first kappa shape index (κ1) is 15.4. The van der Waals surface area contributed by atoms with Crippen LogP contribution in [0.25, 0.3) is 0 Å². The molecule has 2 unspecified atom stereocenters. The van der Waals surface area contributed by atoms with Gasteiger partial charge in [0.15, 0.2) is 0 Å². The SMILES string of the molecule is CCOC(=O)CC(C)NCC(CC)CCO. The van der Waals surface area contributed by atoms with E-state index in [4.69, 9.17) is 9.84 Å². The van der Waals surface area contributed by atoms with Crippen molar-refractivity contribution >= 4 is 5.97 Å². The van der Waals surface area contributed by atoms with Gasteiger partial charge in [0.1, 0.15) is 0 Å². The zero-order valence-electron chi connectivity index (χ0n) is 10.7. The van der Waals surface area contributed by atoms with Gasteiger partial charge in [-0.2, -0.15) is 0 Å². The molecule has 4 heteroatoms. The molecule has 0 heterocycles. The van der Waals surface area contributed by atoms with Crippen molar-refractivity contribution in [3.05, 3.63) is 0 Å². The molecule has 0 bridgehead atoms. The zero-order chi connectivity index (χ0) is 12.4. The van der Waals surface area contributed by atoms with E-state index in [9.17, 15) is 4.79 Å². The first-order chi connectivity index (χ1) is 7.63. The molecule has 0 saturated carbocycles. The molecule has 2 atom stereocenters. The summed E-state index contributed by atoms with van der Waals surface area (Å²) in [6.07, 6.45) is 2.26. The number of carbonyl (C=O) groups is 1. The molecule has 0 aromatic rings. The van der Waals surface area contributed by atoms with E-state index in [1.54, 1.807) is 0 Å². The summed E-state index contributed by atoms with van der Waals surface area (Å²) in [5, 5.41) is 12.1. The second kappa shape index (κ2) is 9.60. The van der Waals surface area contributed by atoms with Crippen molar-refractivity contribution in [2.24, 2.45) is 5.92 Å². The lowest BCUT2D eigenvalue weighted by Gasteiger charge is -2.18. The number of ether oxygens (including phenoxy) is 1. The van der Waals surface area contributed by atoms with E-state index in [2.05, 4.69) is 12.2 Å². The molecule has 0 fully saturated rings. The van der Waals surface area contributed by atoms with Crippen LogP contribution in [0, 0.1) is 5.92 Å². The summed E-state index contributed by atoms with van der Waals surface area (Å²) in [6, 6.07) is 0.131. The van der Waals surface area contributed by atoms with E-state index in [1.165, 1.54) is 0 Å². The van der Waals surface area contributed by atoms with Crippen LogP contribution < -0.4 is 5.32 Å². The predicted octanol–water partition coefficient (Wildman–Crippen LogP) is 1.33. The van der Waals surface area contributed by atoms with Crippen molar-refractivity contribution in [1.82, 2.24) is 5.32 Å². The molecule has 0 saturated heterocycles. The monoisotopic (exact) mass is 231 g/mol. The third-order valence-electron chi connectivity index (χ3n) is 2.65. The summed E-state index contributed by atoms with van der Waals surface area (Å²) in [5.74, 6) is 0.326. The van der Waals surface area contributed by atoms with E-state index in [-0.39, 0.29) is 18.6 Å². The van der Waals surface area contributed by atoms with Gasteiger partial charge in [-0.15, -0.1) is 0 Å². The summed E-state index contributed by atoms with van der Waals surface area (Å²) < 4.78 is 4.87. The second-order valence-electron chi connectivity index (χ2n) is 4.10. The number of aliphatic hydroxyl groups is 1. The number of hydrogen-bond acceptors (Lipinski definition) is 4. The topological polar surface area (TPSA) is 58.6 Å². The number of nitrogens with one attached hydrogen (secondary N) is 1. The lowest BCUT2D eigenvalue weighted by Crippen LogP contribution is -2.33. The molecule has 0 rings (SSSR count). The number of aliphatic hydroxyl groups excluding tert-OH is 1. The zero-order valence-corrected chi connectivity index (χ0v) is 10.7. The van der Waals surface area contributed by atoms with E-state index in [0.29, 0.717) is 18.9 Å². The Hall–Kier alpha value is -0.610. The fraction of sp³-hybridized carbons (Fsp3) is 0.917. The Morgan fingerprint density at radius 3 is 2.62 bits per heavy atom. The predicted molar refractivity (Wildman–Crippen MR) is 64.2 cm³/mol. The average Bonchev–Trinajstić information content (AvgIpc) is 2.24. The highest BCUT2D eigenvalue weighted by Gasteiger charge is 2.11. The van der Waals surface area contributed by atoms with Gasteiger partial charge < -0.3 is 15.2 Å². The van der Waals surface area contributed by atoms with Crippen LogP contribution in [0.1, 0.15) is 40.0 Å². The van der Waals surface area contributed by atoms with Gasteiger partial charge >= 0.3 is 5.97 Å². The summed E-state index contributed by atoms with van der Waals surface area (Å²) in [5.41, 5.74) is 0. The van der Waals surface area contributed by atoms with Gasteiger partial charge in [0, 0.05) is 12.6 Å². The number of rotatable bonds is 9. The number of hydrogen-bond donors (Lipinski definition) is 2. The maximum absolute atomic E-state index is 11.2. The standard InChI is InChI=1S/C12H25NO3/c1-4-11(6-7-14)9-13-10(3)8-12(15)16-5-2/h10-11,13-14H,4-9H2,1-3H3. The normalized spacial score (nSPS) is 14.5. The molecule has 0 aliphatic heterocycles.